The van der Waals surface area contributed by atoms with Crippen molar-refractivity contribution in [1.82, 2.24) is 0 Å². The van der Waals surface area contributed by atoms with Crippen LogP contribution in [0.1, 0.15) is 48.4 Å². The molecule has 2 atom stereocenters. The van der Waals surface area contributed by atoms with Gasteiger partial charge in [-0.15, -0.1) is 0 Å². The molecule has 9 nitrogen and oxygen atoms in total. The lowest BCUT2D eigenvalue weighted by molar-refractivity contribution is -0.149. The van der Waals surface area contributed by atoms with Gasteiger partial charge in [-0.1, -0.05) is 12.1 Å². The highest BCUT2D eigenvalue weighted by Crippen LogP contribution is 2.46. The van der Waals surface area contributed by atoms with Crippen molar-refractivity contribution in [2.75, 3.05) is 7.11 Å². The number of esters is 3. The fourth-order valence-corrected chi connectivity index (χ4v) is 3.46. The molecule has 0 saturated carbocycles. The first-order valence-electron chi connectivity index (χ1n) is 9.68. The molecule has 0 N–H and O–H groups in total. The van der Waals surface area contributed by atoms with Crippen molar-refractivity contribution in [1.29, 1.82) is 0 Å². The van der Waals surface area contributed by atoms with Crippen LogP contribution in [0.3, 0.4) is 0 Å². The zero-order valence-electron chi connectivity index (χ0n) is 18.2. The maximum absolute atomic E-state index is 13.4. The molecule has 2 aromatic carbocycles. The molecule has 1 heterocycles. The van der Waals surface area contributed by atoms with Gasteiger partial charge in [0, 0.05) is 32.4 Å². The summed E-state index contributed by atoms with van der Waals surface area (Å²) in [6, 6.07) is 7.68. The molecule has 0 fully saturated rings. The zero-order valence-corrected chi connectivity index (χ0v) is 18.2. The van der Waals surface area contributed by atoms with E-state index in [-0.39, 0.29) is 22.8 Å². The van der Waals surface area contributed by atoms with E-state index in [2.05, 4.69) is 0 Å². The molecule has 0 saturated heterocycles. The number of rotatable bonds is 5. The highest BCUT2D eigenvalue weighted by Gasteiger charge is 2.43. The number of benzene rings is 2. The maximum atomic E-state index is 13.4. The predicted molar refractivity (Wildman–Crippen MR) is 110 cm³/mol. The number of fused-ring (bicyclic) bond motifs is 1. The third kappa shape index (κ3) is 4.56. The molecule has 0 amide bonds. The third-order valence-corrected chi connectivity index (χ3v) is 4.70. The van der Waals surface area contributed by atoms with Crippen LogP contribution in [0.2, 0.25) is 0 Å². The number of hydrogen-bond acceptors (Lipinski definition) is 9. The van der Waals surface area contributed by atoms with Crippen molar-refractivity contribution >= 4 is 23.7 Å². The Bertz CT molecular complexity index is 1090. The fraction of sp³-hybridized carbons (Fsp3) is 0.304. The average molecular weight is 442 g/mol. The fourth-order valence-electron chi connectivity index (χ4n) is 3.46. The van der Waals surface area contributed by atoms with E-state index in [1.807, 2.05) is 0 Å². The number of ether oxygens (including phenoxy) is 5. The van der Waals surface area contributed by atoms with Gasteiger partial charge < -0.3 is 23.7 Å². The van der Waals surface area contributed by atoms with E-state index in [1.54, 1.807) is 19.1 Å². The summed E-state index contributed by atoms with van der Waals surface area (Å²) < 4.78 is 27.0. The van der Waals surface area contributed by atoms with Crippen LogP contribution in [0.15, 0.2) is 30.3 Å². The monoisotopic (exact) mass is 442 g/mol. The Labute approximate surface area is 184 Å². The van der Waals surface area contributed by atoms with E-state index >= 15 is 0 Å². The van der Waals surface area contributed by atoms with E-state index in [4.69, 9.17) is 23.7 Å². The van der Waals surface area contributed by atoms with Gasteiger partial charge in [0.15, 0.2) is 6.10 Å². The van der Waals surface area contributed by atoms with E-state index in [1.165, 1.54) is 46.1 Å². The first-order chi connectivity index (χ1) is 15.1. The molecule has 2 unspecified atom stereocenters. The molecule has 168 valence electrons. The Hall–Kier alpha value is -3.88. The SMILES string of the molecule is COc1c(C)c(OC(C)=O)cc2c1C(=O)C(OC(C)=O)C(c1ccc(OC(C)=O)cc1)O2. The summed E-state index contributed by atoms with van der Waals surface area (Å²) in [5, 5.41) is 0. The summed E-state index contributed by atoms with van der Waals surface area (Å²) in [7, 11) is 1.37. The van der Waals surface area contributed by atoms with Crippen molar-refractivity contribution in [3.8, 4) is 23.0 Å². The van der Waals surface area contributed by atoms with Crippen molar-refractivity contribution < 1.29 is 42.9 Å². The van der Waals surface area contributed by atoms with Crippen molar-refractivity contribution in [3.63, 3.8) is 0 Å². The van der Waals surface area contributed by atoms with Crippen LogP contribution in [0, 0.1) is 6.92 Å². The summed E-state index contributed by atoms with van der Waals surface area (Å²) in [5.41, 5.74) is 1.00. The van der Waals surface area contributed by atoms with Crippen molar-refractivity contribution in [2.24, 2.45) is 0 Å². The first-order valence-corrected chi connectivity index (χ1v) is 9.68. The largest absolute Gasteiger partial charge is 0.495 e. The second-order valence-electron chi connectivity index (χ2n) is 7.10. The Morgan fingerprint density at radius 1 is 0.938 bits per heavy atom. The predicted octanol–water partition coefficient (Wildman–Crippen LogP) is 3.10. The molecule has 9 heteroatoms. The Kier molecular flexibility index (Phi) is 6.47. The molecular formula is C23H22O9. The summed E-state index contributed by atoms with van der Waals surface area (Å²) >= 11 is 0. The second-order valence-corrected chi connectivity index (χ2v) is 7.10. The number of carbonyl (C=O) groups excluding carboxylic acids is 4. The first kappa shape index (κ1) is 22.8. The van der Waals surface area contributed by atoms with E-state index < -0.39 is 35.9 Å². The van der Waals surface area contributed by atoms with Crippen molar-refractivity contribution in [2.45, 2.75) is 39.9 Å². The van der Waals surface area contributed by atoms with E-state index in [0.717, 1.165) is 0 Å². The molecular weight excluding hydrogens is 420 g/mol. The molecule has 1 aliphatic rings. The number of Topliss-reactive ketones (excluding diaryl/α,β-unsaturated/α-hetero) is 1. The molecule has 2 aromatic rings. The minimum Gasteiger partial charge on any atom is -0.495 e. The number of ketones is 1. The van der Waals surface area contributed by atoms with Gasteiger partial charge in [-0.2, -0.15) is 0 Å². The molecule has 3 rings (SSSR count). The van der Waals surface area contributed by atoms with Gasteiger partial charge in [0.25, 0.3) is 0 Å². The zero-order chi connectivity index (χ0) is 23.6. The standard InChI is InChI=1S/C23H22O9/c1-11-17(30-13(3)25)10-18-19(21(11)28-5)20(27)23(31-14(4)26)22(32-18)15-6-8-16(9-7-15)29-12(2)24/h6-10,22-23H,1-5H3. The highest BCUT2D eigenvalue weighted by atomic mass is 16.6. The summed E-state index contributed by atoms with van der Waals surface area (Å²) in [6.07, 6.45) is -2.28. The van der Waals surface area contributed by atoms with Gasteiger partial charge in [-0.3, -0.25) is 19.2 Å². The topological polar surface area (TPSA) is 114 Å². The van der Waals surface area contributed by atoms with Crippen LogP contribution in [0.4, 0.5) is 0 Å². The normalized spacial score (nSPS) is 17.0. The highest BCUT2D eigenvalue weighted by molar-refractivity contribution is 6.07. The molecule has 0 bridgehead atoms. The summed E-state index contributed by atoms with van der Waals surface area (Å²) in [4.78, 5) is 47.8. The molecule has 32 heavy (non-hydrogen) atoms. The Balaban J connectivity index is 2.11. The van der Waals surface area contributed by atoms with Gasteiger partial charge in [-0.25, -0.2) is 0 Å². The average Bonchev–Trinajstić information content (AvgIpc) is 2.70. The number of carbonyl (C=O) groups is 4. The van der Waals surface area contributed by atoms with E-state index in [9.17, 15) is 19.2 Å². The lowest BCUT2D eigenvalue weighted by Crippen LogP contribution is -2.40. The molecule has 1 aliphatic heterocycles. The minimum absolute atomic E-state index is 0.0833. The smallest absolute Gasteiger partial charge is 0.308 e. The maximum Gasteiger partial charge on any atom is 0.308 e. The van der Waals surface area contributed by atoms with Crippen LogP contribution in [-0.2, 0) is 19.1 Å². The third-order valence-electron chi connectivity index (χ3n) is 4.70. The van der Waals surface area contributed by atoms with Crippen LogP contribution in [-0.4, -0.2) is 36.9 Å². The Morgan fingerprint density at radius 3 is 2.09 bits per heavy atom. The number of methoxy groups -OCH3 is 1. The minimum atomic E-state index is -1.28. The lowest BCUT2D eigenvalue weighted by Gasteiger charge is -2.33. The van der Waals surface area contributed by atoms with Crippen LogP contribution < -0.4 is 18.9 Å². The van der Waals surface area contributed by atoms with Gasteiger partial charge in [0.2, 0.25) is 11.9 Å². The molecule has 0 radical (unpaired) electrons. The Morgan fingerprint density at radius 2 is 1.56 bits per heavy atom. The molecule has 0 spiro atoms. The summed E-state index contributed by atoms with van der Waals surface area (Å²) in [5.74, 6) is -1.45. The summed E-state index contributed by atoms with van der Waals surface area (Å²) in [6.45, 7) is 5.35. The van der Waals surface area contributed by atoms with E-state index in [0.29, 0.717) is 16.9 Å². The quantitative estimate of drug-likeness (QED) is 0.509. The van der Waals surface area contributed by atoms with Crippen molar-refractivity contribution in [3.05, 3.63) is 47.0 Å². The second kappa shape index (κ2) is 9.09. The molecule has 0 aromatic heterocycles. The van der Waals surface area contributed by atoms with Crippen LogP contribution >= 0.6 is 0 Å². The van der Waals surface area contributed by atoms with Gasteiger partial charge >= 0.3 is 17.9 Å². The van der Waals surface area contributed by atoms with Gasteiger partial charge in [0.1, 0.15) is 28.6 Å². The lowest BCUT2D eigenvalue weighted by atomic mass is 9.91. The molecule has 0 aliphatic carbocycles. The van der Waals surface area contributed by atoms with Gasteiger partial charge in [0.05, 0.1) is 7.11 Å². The van der Waals surface area contributed by atoms with Gasteiger partial charge in [-0.05, 0) is 24.6 Å². The van der Waals surface area contributed by atoms with Crippen LogP contribution in [0.5, 0.6) is 23.0 Å². The number of hydrogen-bond donors (Lipinski definition) is 0. The van der Waals surface area contributed by atoms with Crippen LogP contribution in [0.25, 0.3) is 0 Å².